The Morgan fingerprint density at radius 1 is 1.22 bits per heavy atom. The molecule has 0 saturated carbocycles. The highest BCUT2D eigenvalue weighted by Gasteiger charge is 2.06. The zero-order chi connectivity index (χ0) is 13.1. The van der Waals surface area contributed by atoms with E-state index >= 15 is 0 Å². The Hall–Kier alpha value is -1.99. The molecule has 3 N–H and O–H groups in total. The predicted molar refractivity (Wildman–Crippen MR) is 77.7 cm³/mol. The zero-order valence-corrected chi connectivity index (χ0v) is 11.5. The van der Waals surface area contributed by atoms with E-state index in [0.29, 0.717) is 11.3 Å². The molecule has 0 heterocycles. The number of anilines is 3. The average molecular weight is 302 g/mol. The number of halogens is 1. The van der Waals surface area contributed by atoms with Crippen LogP contribution in [0, 0.1) is 18.3 Å². The highest BCUT2D eigenvalue weighted by atomic mass is 79.9. The molecule has 0 bridgehead atoms. The molecule has 0 unspecified atom stereocenters. The molecular weight excluding hydrogens is 290 g/mol. The molecule has 3 nitrogen and oxygen atoms in total. The highest BCUT2D eigenvalue weighted by Crippen LogP contribution is 2.28. The molecule has 2 aromatic carbocycles. The van der Waals surface area contributed by atoms with Crippen LogP contribution in [0.2, 0.25) is 0 Å². The molecule has 0 amide bonds. The normalized spacial score (nSPS) is 9.83. The minimum atomic E-state index is 0.474. The van der Waals surface area contributed by atoms with Crippen molar-refractivity contribution in [2.45, 2.75) is 6.92 Å². The van der Waals surface area contributed by atoms with Gasteiger partial charge in [0.1, 0.15) is 6.07 Å². The van der Waals surface area contributed by atoms with Crippen molar-refractivity contribution in [3.63, 3.8) is 0 Å². The number of rotatable bonds is 2. The number of benzene rings is 2. The van der Waals surface area contributed by atoms with Gasteiger partial charge in [0.15, 0.2) is 0 Å². The fourth-order valence-corrected chi connectivity index (χ4v) is 2.16. The van der Waals surface area contributed by atoms with Crippen molar-refractivity contribution in [2.24, 2.45) is 0 Å². The van der Waals surface area contributed by atoms with Gasteiger partial charge in [-0.25, -0.2) is 0 Å². The van der Waals surface area contributed by atoms with Crippen LogP contribution in [-0.2, 0) is 0 Å². The maximum atomic E-state index is 8.94. The summed E-state index contributed by atoms with van der Waals surface area (Å²) in [6.45, 7) is 2.01. The molecular formula is C14H12BrN3. The lowest BCUT2D eigenvalue weighted by molar-refractivity contribution is 1.41. The third kappa shape index (κ3) is 2.47. The van der Waals surface area contributed by atoms with Gasteiger partial charge in [-0.15, -0.1) is 0 Å². The van der Waals surface area contributed by atoms with E-state index in [2.05, 4.69) is 27.3 Å². The summed E-state index contributed by atoms with van der Waals surface area (Å²) in [7, 11) is 0. The Morgan fingerprint density at radius 3 is 2.67 bits per heavy atom. The van der Waals surface area contributed by atoms with Gasteiger partial charge >= 0.3 is 0 Å². The van der Waals surface area contributed by atoms with Gasteiger partial charge in [-0.3, -0.25) is 0 Å². The van der Waals surface area contributed by atoms with Gasteiger partial charge in [0.25, 0.3) is 0 Å². The van der Waals surface area contributed by atoms with E-state index in [1.807, 2.05) is 37.3 Å². The standard InChI is InChI=1S/C14H12BrN3/c1-9-7-11(15)5-6-12(9)18-13-4-2-3-10(8-16)14(13)17/h2-7,18H,17H2,1H3. The average Bonchev–Trinajstić information content (AvgIpc) is 2.35. The summed E-state index contributed by atoms with van der Waals surface area (Å²) in [5.41, 5.74) is 9.71. The second-order valence-corrected chi connectivity index (χ2v) is 4.88. The van der Waals surface area contributed by atoms with Crippen LogP contribution in [0.4, 0.5) is 17.1 Å². The Kier molecular flexibility index (Phi) is 3.54. The van der Waals surface area contributed by atoms with Gasteiger partial charge in [-0.1, -0.05) is 22.0 Å². The van der Waals surface area contributed by atoms with E-state index in [4.69, 9.17) is 11.0 Å². The number of nitrogen functional groups attached to an aromatic ring is 1. The largest absolute Gasteiger partial charge is 0.396 e. The molecule has 0 aromatic heterocycles. The quantitative estimate of drug-likeness (QED) is 0.826. The van der Waals surface area contributed by atoms with Crippen LogP contribution < -0.4 is 11.1 Å². The van der Waals surface area contributed by atoms with Crippen LogP contribution in [0.5, 0.6) is 0 Å². The third-order valence-electron chi connectivity index (χ3n) is 2.68. The fourth-order valence-electron chi connectivity index (χ4n) is 1.68. The summed E-state index contributed by atoms with van der Waals surface area (Å²) in [4.78, 5) is 0. The SMILES string of the molecule is Cc1cc(Br)ccc1Nc1cccc(C#N)c1N. The maximum Gasteiger partial charge on any atom is 0.101 e. The van der Waals surface area contributed by atoms with Crippen molar-refractivity contribution in [1.82, 2.24) is 0 Å². The first-order chi connectivity index (χ1) is 8.61. The second-order valence-electron chi connectivity index (χ2n) is 3.96. The number of hydrogen-bond acceptors (Lipinski definition) is 3. The number of hydrogen-bond donors (Lipinski definition) is 2. The van der Waals surface area contributed by atoms with E-state index in [-0.39, 0.29) is 0 Å². The molecule has 2 aromatic rings. The third-order valence-corrected chi connectivity index (χ3v) is 3.18. The van der Waals surface area contributed by atoms with Crippen LogP contribution in [0.15, 0.2) is 40.9 Å². The molecule has 0 atom stereocenters. The van der Waals surface area contributed by atoms with Gasteiger partial charge in [0.2, 0.25) is 0 Å². The molecule has 0 aliphatic rings. The lowest BCUT2D eigenvalue weighted by Gasteiger charge is -2.12. The summed E-state index contributed by atoms with van der Waals surface area (Å²) in [5.74, 6) is 0. The van der Waals surface area contributed by atoms with Crippen LogP contribution in [0.1, 0.15) is 11.1 Å². The first kappa shape index (κ1) is 12.5. The first-order valence-electron chi connectivity index (χ1n) is 5.43. The topological polar surface area (TPSA) is 61.8 Å². The van der Waals surface area contributed by atoms with Gasteiger partial charge in [0, 0.05) is 10.2 Å². The van der Waals surface area contributed by atoms with Crippen molar-refractivity contribution < 1.29 is 0 Å². The second kappa shape index (κ2) is 5.11. The summed E-state index contributed by atoms with van der Waals surface area (Å²) in [5, 5.41) is 12.2. The molecule has 4 heteroatoms. The molecule has 0 aliphatic heterocycles. The number of nitrogens with one attached hydrogen (secondary N) is 1. The van der Waals surface area contributed by atoms with Gasteiger partial charge < -0.3 is 11.1 Å². The maximum absolute atomic E-state index is 8.94. The lowest BCUT2D eigenvalue weighted by Crippen LogP contribution is -1.99. The minimum Gasteiger partial charge on any atom is -0.396 e. The Morgan fingerprint density at radius 2 is 2.00 bits per heavy atom. The van der Waals surface area contributed by atoms with E-state index in [1.54, 1.807) is 6.07 Å². The van der Waals surface area contributed by atoms with E-state index in [1.165, 1.54) is 0 Å². The van der Waals surface area contributed by atoms with Crippen molar-refractivity contribution >= 4 is 33.0 Å². The molecule has 0 aliphatic carbocycles. The zero-order valence-electron chi connectivity index (χ0n) is 9.87. The van der Waals surface area contributed by atoms with Crippen LogP contribution >= 0.6 is 15.9 Å². The smallest absolute Gasteiger partial charge is 0.101 e. The fraction of sp³-hybridized carbons (Fsp3) is 0.0714. The monoisotopic (exact) mass is 301 g/mol. The van der Waals surface area contributed by atoms with Crippen LogP contribution in [0.25, 0.3) is 0 Å². The number of nitrogens with zero attached hydrogens (tertiary/aromatic N) is 1. The van der Waals surface area contributed by atoms with Gasteiger partial charge in [-0.05, 0) is 42.8 Å². The first-order valence-corrected chi connectivity index (χ1v) is 6.23. The number of para-hydroxylation sites is 1. The Balaban J connectivity index is 2.38. The lowest BCUT2D eigenvalue weighted by atomic mass is 10.1. The van der Waals surface area contributed by atoms with Crippen LogP contribution in [0.3, 0.4) is 0 Å². The molecule has 0 fully saturated rings. The summed E-state index contributed by atoms with van der Waals surface area (Å²) in [6.07, 6.45) is 0. The molecule has 0 saturated heterocycles. The highest BCUT2D eigenvalue weighted by molar-refractivity contribution is 9.10. The van der Waals surface area contributed by atoms with E-state index in [0.717, 1.165) is 21.4 Å². The number of nitrogens with two attached hydrogens (primary N) is 1. The minimum absolute atomic E-state index is 0.474. The van der Waals surface area contributed by atoms with Crippen molar-refractivity contribution in [2.75, 3.05) is 11.1 Å². The summed E-state index contributed by atoms with van der Waals surface area (Å²) < 4.78 is 1.03. The number of aryl methyl sites for hydroxylation is 1. The van der Waals surface area contributed by atoms with Gasteiger partial charge in [-0.2, -0.15) is 5.26 Å². The summed E-state index contributed by atoms with van der Waals surface area (Å²) in [6, 6.07) is 13.4. The molecule has 90 valence electrons. The van der Waals surface area contributed by atoms with Crippen molar-refractivity contribution in [3.8, 4) is 6.07 Å². The van der Waals surface area contributed by atoms with Gasteiger partial charge in [0.05, 0.1) is 16.9 Å². The van der Waals surface area contributed by atoms with Crippen molar-refractivity contribution in [1.29, 1.82) is 5.26 Å². The molecule has 0 spiro atoms. The predicted octanol–water partition coefficient (Wildman–Crippen LogP) is 3.96. The Labute approximate surface area is 114 Å². The summed E-state index contributed by atoms with van der Waals surface area (Å²) >= 11 is 3.42. The van der Waals surface area contributed by atoms with E-state index < -0.39 is 0 Å². The Bertz CT molecular complexity index is 629. The molecule has 0 radical (unpaired) electrons. The van der Waals surface area contributed by atoms with Crippen LogP contribution in [-0.4, -0.2) is 0 Å². The van der Waals surface area contributed by atoms with Crippen molar-refractivity contribution in [3.05, 3.63) is 52.0 Å². The molecule has 2 rings (SSSR count). The van der Waals surface area contributed by atoms with E-state index in [9.17, 15) is 0 Å². The molecule has 18 heavy (non-hydrogen) atoms. The number of nitriles is 1.